The molecule has 9 heteroatoms. The molecule has 6 nitrogen and oxygen atoms in total. The summed E-state index contributed by atoms with van der Waals surface area (Å²) in [5.41, 5.74) is -0.427. The summed E-state index contributed by atoms with van der Waals surface area (Å²) in [4.78, 5) is 0. The van der Waals surface area contributed by atoms with E-state index >= 15 is 0 Å². The monoisotopic (exact) mass is 302 g/mol. The first kappa shape index (κ1) is 14.5. The molecule has 0 saturated heterocycles. The Morgan fingerprint density at radius 2 is 1.85 bits per heavy atom. The third-order valence-corrected chi connectivity index (χ3v) is 3.42. The summed E-state index contributed by atoms with van der Waals surface area (Å²) in [6.45, 7) is 1.94. The number of hydrogen-bond acceptors (Lipinski definition) is 4. The predicted octanol–water partition coefficient (Wildman–Crippen LogP) is 1.28. The van der Waals surface area contributed by atoms with E-state index in [-0.39, 0.29) is 12.4 Å². The molecule has 0 radical (unpaired) electrons. The highest BCUT2D eigenvalue weighted by Crippen LogP contribution is 2.26. The van der Waals surface area contributed by atoms with Gasteiger partial charge in [0, 0.05) is 6.54 Å². The molecule has 1 heterocycles. The Hall–Kier alpha value is -1.87. The van der Waals surface area contributed by atoms with Crippen LogP contribution in [0.2, 0.25) is 0 Å². The number of primary sulfonamides is 1. The minimum Gasteiger partial charge on any atom is -0.297 e. The Kier molecular flexibility index (Phi) is 3.82. The van der Waals surface area contributed by atoms with Crippen LogP contribution in [-0.4, -0.2) is 23.2 Å². The van der Waals surface area contributed by atoms with Gasteiger partial charge in [-0.3, -0.25) is 4.57 Å². The van der Waals surface area contributed by atoms with Crippen molar-refractivity contribution in [1.29, 1.82) is 0 Å². The van der Waals surface area contributed by atoms with Crippen LogP contribution >= 0.6 is 0 Å². The second-order valence-corrected chi connectivity index (χ2v) is 5.55. The maximum Gasteiger partial charge on any atom is 0.273 e. The molecule has 2 aromatic rings. The standard InChI is InChI=1S/C11H12F2N4O2S/c1-2-6-17-10(15-16-11(17)20(14,18)19)9-7(12)4-3-5-8(9)13/h3-5H,2,6H2,1H3,(H2,14,18,19). The smallest absolute Gasteiger partial charge is 0.273 e. The number of hydrogen-bond donors (Lipinski definition) is 1. The van der Waals surface area contributed by atoms with Gasteiger partial charge in [-0.05, 0) is 18.6 Å². The molecular formula is C11H12F2N4O2S. The van der Waals surface area contributed by atoms with Gasteiger partial charge in [0.1, 0.15) is 11.6 Å². The maximum atomic E-state index is 13.8. The molecule has 0 aliphatic rings. The highest BCUT2D eigenvalue weighted by molar-refractivity contribution is 7.89. The van der Waals surface area contributed by atoms with Gasteiger partial charge >= 0.3 is 0 Å². The van der Waals surface area contributed by atoms with Gasteiger partial charge in [0.15, 0.2) is 5.82 Å². The van der Waals surface area contributed by atoms with E-state index in [1.165, 1.54) is 6.07 Å². The molecule has 0 spiro atoms. The number of benzene rings is 1. The molecule has 0 bridgehead atoms. The van der Waals surface area contributed by atoms with E-state index in [1.807, 2.05) is 0 Å². The van der Waals surface area contributed by atoms with Gasteiger partial charge in [-0.1, -0.05) is 13.0 Å². The van der Waals surface area contributed by atoms with Crippen LogP contribution in [-0.2, 0) is 16.6 Å². The van der Waals surface area contributed by atoms with Crippen molar-refractivity contribution in [2.24, 2.45) is 5.14 Å². The Morgan fingerprint density at radius 1 is 1.25 bits per heavy atom. The molecule has 2 rings (SSSR count). The van der Waals surface area contributed by atoms with Crippen LogP contribution in [0.25, 0.3) is 11.4 Å². The third-order valence-electron chi connectivity index (χ3n) is 2.60. The fraction of sp³-hybridized carbons (Fsp3) is 0.273. The SMILES string of the molecule is CCCn1c(-c2c(F)cccc2F)nnc1S(N)(=O)=O. The Bertz CT molecular complexity index is 723. The van der Waals surface area contributed by atoms with Crippen molar-refractivity contribution in [3.63, 3.8) is 0 Å². The van der Waals surface area contributed by atoms with Crippen LogP contribution in [0.1, 0.15) is 13.3 Å². The van der Waals surface area contributed by atoms with Gasteiger partial charge in [-0.15, -0.1) is 10.2 Å². The topological polar surface area (TPSA) is 90.9 Å². The molecular weight excluding hydrogens is 290 g/mol. The van der Waals surface area contributed by atoms with Crippen molar-refractivity contribution in [1.82, 2.24) is 14.8 Å². The molecule has 0 aliphatic heterocycles. The van der Waals surface area contributed by atoms with E-state index in [0.29, 0.717) is 6.42 Å². The van der Waals surface area contributed by atoms with Crippen LogP contribution in [0.3, 0.4) is 0 Å². The van der Waals surface area contributed by atoms with Crippen molar-refractivity contribution >= 4 is 10.0 Å². The summed E-state index contributed by atoms with van der Waals surface area (Å²) in [5, 5.41) is 11.5. The number of sulfonamides is 1. The number of aromatic nitrogens is 3. The van der Waals surface area contributed by atoms with Crippen molar-refractivity contribution in [3.8, 4) is 11.4 Å². The summed E-state index contributed by atoms with van der Waals surface area (Å²) >= 11 is 0. The highest BCUT2D eigenvalue weighted by Gasteiger charge is 2.24. The second-order valence-electron chi connectivity index (χ2n) is 4.10. The number of halogens is 2. The lowest BCUT2D eigenvalue weighted by Gasteiger charge is -2.09. The molecule has 20 heavy (non-hydrogen) atoms. The molecule has 0 unspecified atom stereocenters. The molecule has 1 aromatic heterocycles. The van der Waals surface area contributed by atoms with E-state index in [2.05, 4.69) is 10.2 Å². The highest BCUT2D eigenvalue weighted by atomic mass is 32.2. The van der Waals surface area contributed by atoms with Crippen LogP contribution in [0.4, 0.5) is 8.78 Å². The van der Waals surface area contributed by atoms with Crippen molar-refractivity contribution < 1.29 is 17.2 Å². The van der Waals surface area contributed by atoms with Gasteiger partial charge in [0.05, 0.1) is 5.56 Å². The first-order chi connectivity index (χ1) is 9.36. The second kappa shape index (κ2) is 5.25. The van der Waals surface area contributed by atoms with Crippen LogP contribution in [0.5, 0.6) is 0 Å². The molecule has 0 amide bonds. The maximum absolute atomic E-state index is 13.8. The minimum absolute atomic E-state index is 0.169. The van der Waals surface area contributed by atoms with Gasteiger partial charge in [-0.2, -0.15) is 0 Å². The number of rotatable bonds is 4. The average Bonchev–Trinajstić information content (AvgIpc) is 2.73. The van der Waals surface area contributed by atoms with Crippen molar-refractivity contribution in [3.05, 3.63) is 29.8 Å². The zero-order valence-corrected chi connectivity index (χ0v) is 11.4. The van der Waals surface area contributed by atoms with E-state index in [1.54, 1.807) is 6.92 Å². The minimum atomic E-state index is -4.12. The average molecular weight is 302 g/mol. The first-order valence-corrected chi connectivity index (χ1v) is 7.31. The number of nitrogens with zero attached hydrogens (tertiary/aromatic N) is 3. The third kappa shape index (κ3) is 2.54. The summed E-state index contributed by atoms with van der Waals surface area (Å²) < 4.78 is 51.4. The Labute approximate surface area is 114 Å². The largest absolute Gasteiger partial charge is 0.297 e. The van der Waals surface area contributed by atoms with Crippen molar-refractivity contribution in [2.75, 3.05) is 0 Å². The lowest BCUT2D eigenvalue weighted by molar-refractivity contribution is 0.553. The normalized spacial score (nSPS) is 11.8. The van der Waals surface area contributed by atoms with Gasteiger partial charge in [0.25, 0.3) is 15.2 Å². The van der Waals surface area contributed by atoms with Gasteiger partial charge < -0.3 is 0 Å². The summed E-state index contributed by atoms with van der Waals surface area (Å²) in [7, 11) is -4.12. The van der Waals surface area contributed by atoms with E-state index < -0.39 is 32.4 Å². The van der Waals surface area contributed by atoms with Crippen molar-refractivity contribution in [2.45, 2.75) is 25.0 Å². The van der Waals surface area contributed by atoms with Crippen LogP contribution in [0.15, 0.2) is 23.4 Å². The summed E-state index contributed by atoms with van der Waals surface area (Å²) in [5.74, 6) is -1.90. The Balaban J connectivity index is 2.73. The molecule has 1 aromatic carbocycles. The first-order valence-electron chi connectivity index (χ1n) is 5.76. The molecule has 0 aliphatic carbocycles. The summed E-state index contributed by atoms with van der Waals surface area (Å²) in [6, 6.07) is 3.31. The van der Waals surface area contributed by atoms with E-state index in [4.69, 9.17) is 5.14 Å². The molecule has 0 fully saturated rings. The van der Waals surface area contributed by atoms with E-state index in [0.717, 1.165) is 16.7 Å². The Morgan fingerprint density at radius 3 is 2.35 bits per heavy atom. The van der Waals surface area contributed by atoms with Gasteiger partial charge in [-0.25, -0.2) is 22.3 Å². The number of nitrogens with two attached hydrogens (primary N) is 1. The fourth-order valence-corrected chi connectivity index (χ4v) is 2.46. The van der Waals surface area contributed by atoms with Gasteiger partial charge in [0.2, 0.25) is 0 Å². The van der Waals surface area contributed by atoms with E-state index in [9.17, 15) is 17.2 Å². The molecule has 2 N–H and O–H groups in total. The predicted molar refractivity (Wildman–Crippen MR) is 67.0 cm³/mol. The fourth-order valence-electron chi connectivity index (χ4n) is 1.82. The lowest BCUT2D eigenvalue weighted by atomic mass is 10.2. The summed E-state index contributed by atoms with van der Waals surface area (Å²) in [6.07, 6.45) is 0.517. The zero-order chi connectivity index (χ0) is 14.9. The molecule has 0 atom stereocenters. The van der Waals surface area contributed by atoms with Crippen LogP contribution < -0.4 is 5.14 Å². The quantitative estimate of drug-likeness (QED) is 0.921. The lowest BCUT2D eigenvalue weighted by Crippen LogP contribution is -2.19. The van der Waals surface area contributed by atoms with Crippen LogP contribution in [0, 0.1) is 11.6 Å². The molecule has 108 valence electrons. The molecule has 0 saturated carbocycles. The zero-order valence-electron chi connectivity index (χ0n) is 10.5.